The van der Waals surface area contributed by atoms with E-state index < -0.39 is 23.5 Å². The number of carbonyl (C=O) groups excluding carboxylic acids is 2. The molecule has 0 radical (unpaired) electrons. The molecule has 0 aromatic heterocycles. The number of rotatable bonds is 6. The minimum absolute atomic E-state index is 0.0463. The first-order valence-electron chi connectivity index (χ1n) is 9.09. The molecule has 8 heteroatoms. The second-order valence-corrected chi connectivity index (χ2v) is 7.46. The van der Waals surface area contributed by atoms with Gasteiger partial charge in [-0.2, -0.15) is 0 Å². The van der Waals surface area contributed by atoms with Gasteiger partial charge in [-0.05, 0) is 42.7 Å². The molecular weight excluding hydrogens is 352 g/mol. The van der Waals surface area contributed by atoms with E-state index in [0.717, 1.165) is 25.3 Å². The molecule has 0 bridgehead atoms. The van der Waals surface area contributed by atoms with Crippen LogP contribution in [0.25, 0.3) is 0 Å². The molecule has 0 amide bonds. The number of anilines is 1. The molecular formula is C19H26N2O6. The first-order valence-corrected chi connectivity index (χ1v) is 9.09. The highest BCUT2D eigenvalue weighted by molar-refractivity contribution is 5.92. The number of ether oxygens (including phenoxy) is 2. The van der Waals surface area contributed by atoms with E-state index in [1.807, 2.05) is 0 Å². The number of nitrogens with zero attached hydrogens (tertiary/aromatic N) is 1. The van der Waals surface area contributed by atoms with E-state index >= 15 is 0 Å². The van der Waals surface area contributed by atoms with Crippen molar-refractivity contribution in [1.82, 2.24) is 0 Å². The Kier molecular flexibility index (Phi) is 6.76. The van der Waals surface area contributed by atoms with Gasteiger partial charge in [-0.3, -0.25) is 10.1 Å². The monoisotopic (exact) mass is 378 g/mol. The van der Waals surface area contributed by atoms with Gasteiger partial charge in [0.15, 0.2) is 6.61 Å². The van der Waals surface area contributed by atoms with Gasteiger partial charge in [0, 0.05) is 6.07 Å². The standard InChI is InChI=1S/C19H26N2O6/c1-11(2)14-6-4-12(3)8-17(14)27-18(22)10-26-19(23)13-5-7-15(20)16(9-13)21(24)25/h5,7,9,11-12,14,17H,4,6,8,10,20H2,1-3H3/t12-,14+,17+/m1/s1. The van der Waals surface area contributed by atoms with Gasteiger partial charge in [0.2, 0.25) is 0 Å². The smallest absolute Gasteiger partial charge is 0.344 e. The zero-order valence-electron chi connectivity index (χ0n) is 15.8. The zero-order valence-corrected chi connectivity index (χ0v) is 15.8. The SMILES string of the molecule is CC(C)[C@@H]1CC[C@@H](C)C[C@@H]1OC(=O)COC(=O)c1ccc(N)c([N+](=O)[O-])c1. The number of hydrogen-bond acceptors (Lipinski definition) is 7. The van der Waals surface area contributed by atoms with Gasteiger partial charge in [-0.15, -0.1) is 0 Å². The third-order valence-electron chi connectivity index (χ3n) is 5.03. The van der Waals surface area contributed by atoms with Crippen LogP contribution in [0.5, 0.6) is 0 Å². The molecule has 148 valence electrons. The summed E-state index contributed by atoms with van der Waals surface area (Å²) in [4.78, 5) is 34.4. The first kappa shape index (κ1) is 20.7. The first-order chi connectivity index (χ1) is 12.7. The maximum atomic E-state index is 12.1. The van der Waals surface area contributed by atoms with Crippen molar-refractivity contribution in [3.8, 4) is 0 Å². The van der Waals surface area contributed by atoms with Crippen molar-refractivity contribution in [1.29, 1.82) is 0 Å². The van der Waals surface area contributed by atoms with Crippen LogP contribution >= 0.6 is 0 Å². The summed E-state index contributed by atoms with van der Waals surface area (Å²) < 4.78 is 10.5. The van der Waals surface area contributed by atoms with Gasteiger partial charge >= 0.3 is 11.9 Å². The number of nitro groups is 1. The molecule has 2 N–H and O–H groups in total. The van der Waals surface area contributed by atoms with Crippen molar-refractivity contribution in [2.45, 2.75) is 46.1 Å². The van der Waals surface area contributed by atoms with Crippen LogP contribution in [0.2, 0.25) is 0 Å². The number of benzene rings is 1. The van der Waals surface area contributed by atoms with E-state index in [1.165, 1.54) is 12.1 Å². The van der Waals surface area contributed by atoms with E-state index in [-0.39, 0.29) is 23.0 Å². The van der Waals surface area contributed by atoms with Gasteiger partial charge in [0.1, 0.15) is 11.8 Å². The molecule has 1 aliphatic rings. The Morgan fingerprint density at radius 3 is 2.67 bits per heavy atom. The minimum Gasteiger partial charge on any atom is -0.460 e. The molecule has 1 aromatic rings. The third-order valence-corrected chi connectivity index (χ3v) is 5.03. The lowest BCUT2D eigenvalue weighted by molar-refractivity contribution is -0.383. The quantitative estimate of drug-likeness (QED) is 0.348. The van der Waals surface area contributed by atoms with Gasteiger partial charge in [-0.1, -0.05) is 27.2 Å². The summed E-state index contributed by atoms with van der Waals surface area (Å²) in [5, 5.41) is 10.9. The Morgan fingerprint density at radius 1 is 1.33 bits per heavy atom. The Morgan fingerprint density at radius 2 is 2.04 bits per heavy atom. The molecule has 0 saturated heterocycles. The molecule has 1 fully saturated rings. The molecule has 1 aliphatic carbocycles. The van der Waals surface area contributed by atoms with Gasteiger partial charge < -0.3 is 15.2 Å². The molecule has 27 heavy (non-hydrogen) atoms. The fourth-order valence-electron chi connectivity index (χ4n) is 3.49. The van der Waals surface area contributed by atoms with Crippen LogP contribution in [0.1, 0.15) is 50.4 Å². The lowest BCUT2D eigenvalue weighted by Crippen LogP contribution is -2.36. The van der Waals surface area contributed by atoms with Crippen LogP contribution in [-0.2, 0) is 14.3 Å². The molecule has 3 atom stereocenters. The number of hydrogen-bond donors (Lipinski definition) is 1. The molecule has 1 aromatic carbocycles. The van der Waals surface area contributed by atoms with Gasteiger partial charge in [0.25, 0.3) is 5.69 Å². The maximum absolute atomic E-state index is 12.1. The van der Waals surface area contributed by atoms with Crippen molar-refractivity contribution < 1.29 is 24.0 Å². The summed E-state index contributed by atoms with van der Waals surface area (Å²) in [5.41, 5.74) is 5.01. The average molecular weight is 378 g/mol. The molecule has 0 unspecified atom stereocenters. The van der Waals surface area contributed by atoms with Crippen LogP contribution in [-0.4, -0.2) is 29.6 Å². The topological polar surface area (TPSA) is 122 Å². The number of nitro benzene ring substituents is 1. The lowest BCUT2D eigenvalue weighted by atomic mass is 9.75. The average Bonchev–Trinajstić information content (AvgIpc) is 2.59. The molecule has 0 aliphatic heterocycles. The zero-order chi connectivity index (χ0) is 20.1. The fraction of sp³-hybridized carbons (Fsp3) is 0.579. The van der Waals surface area contributed by atoms with Crippen molar-refractivity contribution in [2.24, 2.45) is 17.8 Å². The van der Waals surface area contributed by atoms with E-state index in [4.69, 9.17) is 15.2 Å². The molecule has 0 spiro atoms. The van der Waals surface area contributed by atoms with E-state index in [9.17, 15) is 19.7 Å². The Balaban J connectivity index is 1.93. The highest BCUT2D eigenvalue weighted by Gasteiger charge is 2.33. The van der Waals surface area contributed by atoms with E-state index in [0.29, 0.717) is 17.8 Å². The summed E-state index contributed by atoms with van der Waals surface area (Å²) >= 11 is 0. The normalized spacial score (nSPS) is 22.3. The van der Waals surface area contributed by atoms with E-state index in [1.54, 1.807) is 0 Å². The maximum Gasteiger partial charge on any atom is 0.344 e. The fourth-order valence-corrected chi connectivity index (χ4v) is 3.49. The van der Waals surface area contributed by atoms with Gasteiger partial charge in [-0.25, -0.2) is 9.59 Å². The number of nitrogens with two attached hydrogens (primary N) is 1. The van der Waals surface area contributed by atoms with Gasteiger partial charge in [0.05, 0.1) is 10.5 Å². The summed E-state index contributed by atoms with van der Waals surface area (Å²) in [5.74, 6) is -0.282. The second kappa shape index (κ2) is 8.83. The van der Waals surface area contributed by atoms with E-state index in [2.05, 4.69) is 20.8 Å². The number of carbonyl (C=O) groups is 2. The van der Waals surface area contributed by atoms with Crippen LogP contribution in [0, 0.1) is 27.9 Å². The predicted molar refractivity (Wildman–Crippen MR) is 99.0 cm³/mol. The van der Waals surface area contributed by atoms with Crippen molar-refractivity contribution in [3.63, 3.8) is 0 Å². The second-order valence-electron chi connectivity index (χ2n) is 7.46. The van der Waals surface area contributed by atoms with Crippen LogP contribution < -0.4 is 5.73 Å². The molecule has 1 saturated carbocycles. The van der Waals surface area contributed by atoms with Crippen LogP contribution in [0.4, 0.5) is 11.4 Å². The van der Waals surface area contributed by atoms with Crippen molar-refractivity contribution in [2.75, 3.05) is 12.3 Å². The summed E-state index contributed by atoms with van der Waals surface area (Å²) in [7, 11) is 0. The predicted octanol–water partition coefficient (Wildman–Crippen LogP) is 3.34. The highest BCUT2D eigenvalue weighted by atomic mass is 16.6. The minimum atomic E-state index is -0.840. The summed E-state index contributed by atoms with van der Waals surface area (Å²) in [6.45, 7) is 5.81. The third kappa shape index (κ3) is 5.42. The largest absolute Gasteiger partial charge is 0.460 e. The number of nitrogen functional groups attached to an aromatic ring is 1. The summed E-state index contributed by atoms with van der Waals surface area (Å²) in [6.07, 6.45) is 2.73. The summed E-state index contributed by atoms with van der Waals surface area (Å²) in [6, 6.07) is 3.60. The van der Waals surface area contributed by atoms with Crippen molar-refractivity contribution in [3.05, 3.63) is 33.9 Å². The van der Waals surface area contributed by atoms with Crippen LogP contribution in [0.3, 0.4) is 0 Å². The number of esters is 2. The van der Waals surface area contributed by atoms with Crippen LogP contribution in [0.15, 0.2) is 18.2 Å². The Bertz CT molecular complexity index is 718. The Labute approximate surface area is 158 Å². The molecule has 0 heterocycles. The lowest BCUT2D eigenvalue weighted by Gasteiger charge is -2.36. The molecule has 8 nitrogen and oxygen atoms in total. The molecule has 2 rings (SSSR count). The Hall–Kier alpha value is -2.64. The van der Waals surface area contributed by atoms with Crippen molar-refractivity contribution >= 4 is 23.3 Å². The highest BCUT2D eigenvalue weighted by Crippen LogP contribution is 2.35.